The molecule has 7 nitrogen and oxygen atoms in total. The molecule has 2 aromatic heterocycles. The van der Waals surface area contributed by atoms with Gasteiger partial charge < -0.3 is 20.9 Å². The van der Waals surface area contributed by atoms with E-state index in [-0.39, 0.29) is 18.3 Å². The smallest absolute Gasteiger partial charge is 0.433 e. The molecule has 156 valence electrons. The summed E-state index contributed by atoms with van der Waals surface area (Å²) in [7, 11) is 0. The third-order valence-corrected chi connectivity index (χ3v) is 3.73. The van der Waals surface area contributed by atoms with Crippen LogP contribution >= 0.6 is 0 Å². The molecule has 0 saturated heterocycles. The molecule has 1 aromatic carbocycles. The van der Waals surface area contributed by atoms with Crippen LogP contribution in [-0.4, -0.2) is 26.7 Å². The number of benzene rings is 1. The highest BCUT2D eigenvalue weighted by molar-refractivity contribution is 5.61. The molecule has 0 atom stereocenters. The van der Waals surface area contributed by atoms with Crippen LogP contribution in [0.1, 0.15) is 17.8 Å². The van der Waals surface area contributed by atoms with Crippen molar-refractivity contribution >= 4 is 23.5 Å². The molecule has 0 unspecified atom stereocenters. The summed E-state index contributed by atoms with van der Waals surface area (Å²) in [5.41, 5.74) is 5.94. The van der Waals surface area contributed by atoms with E-state index < -0.39 is 11.9 Å². The van der Waals surface area contributed by atoms with Crippen molar-refractivity contribution in [3.8, 4) is 11.5 Å². The number of aromatic nitrogens is 3. The van der Waals surface area contributed by atoms with Crippen LogP contribution in [0.5, 0.6) is 11.5 Å². The third-order valence-electron chi connectivity index (χ3n) is 3.73. The lowest BCUT2D eigenvalue weighted by molar-refractivity contribution is -0.141. The zero-order valence-corrected chi connectivity index (χ0v) is 15.6. The van der Waals surface area contributed by atoms with Crippen molar-refractivity contribution < 1.29 is 23.0 Å². The summed E-state index contributed by atoms with van der Waals surface area (Å²) >= 11 is 0. The van der Waals surface area contributed by atoms with E-state index >= 15 is 0 Å². The van der Waals surface area contributed by atoms with E-state index in [0.29, 0.717) is 29.4 Å². The maximum atomic E-state index is 12.7. The second-order valence-corrected chi connectivity index (χ2v) is 6.08. The number of halogens is 3. The van der Waals surface area contributed by atoms with Crippen LogP contribution in [0.3, 0.4) is 0 Å². The minimum atomic E-state index is -4.54. The van der Waals surface area contributed by atoms with Gasteiger partial charge in [-0.1, -0.05) is 6.08 Å². The molecule has 3 aromatic rings. The van der Waals surface area contributed by atoms with E-state index in [0.717, 1.165) is 12.3 Å². The van der Waals surface area contributed by atoms with Gasteiger partial charge in [-0.05, 0) is 42.8 Å². The minimum absolute atomic E-state index is 0.0286. The Morgan fingerprint density at radius 1 is 1.07 bits per heavy atom. The maximum Gasteiger partial charge on any atom is 0.433 e. The van der Waals surface area contributed by atoms with E-state index in [1.54, 1.807) is 42.5 Å². The molecule has 0 bridgehead atoms. The Labute approximate surface area is 170 Å². The number of rotatable bonds is 7. The third kappa shape index (κ3) is 5.92. The standard InChI is InChI=1S/C20H18F3N5O2/c21-20(22,23)17-12-16(8-9-25-17)30-15-6-4-13(5-7-15)26-18-11-14(3-1-2-10-29)27-19(24)28-18/h1,3-9,11-12,29H,2,10H2,(H3,24,26,27,28)/b3-1+. The quantitative estimate of drug-likeness (QED) is 0.523. The Morgan fingerprint density at radius 3 is 2.53 bits per heavy atom. The second kappa shape index (κ2) is 9.23. The molecule has 0 spiro atoms. The largest absolute Gasteiger partial charge is 0.457 e. The molecule has 10 heteroatoms. The van der Waals surface area contributed by atoms with Gasteiger partial charge in [-0.15, -0.1) is 0 Å². The summed E-state index contributed by atoms with van der Waals surface area (Å²) < 4.78 is 43.7. The first kappa shape index (κ1) is 21.1. The van der Waals surface area contributed by atoms with Crippen LogP contribution < -0.4 is 15.8 Å². The molecule has 0 amide bonds. The number of hydrogen-bond acceptors (Lipinski definition) is 7. The Kier molecular flexibility index (Phi) is 6.48. The average Bonchev–Trinajstić information content (AvgIpc) is 2.69. The second-order valence-electron chi connectivity index (χ2n) is 6.08. The highest BCUT2D eigenvalue weighted by Gasteiger charge is 2.32. The molecule has 2 heterocycles. The lowest BCUT2D eigenvalue weighted by Crippen LogP contribution is -2.07. The molecule has 4 N–H and O–H groups in total. The summed E-state index contributed by atoms with van der Waals surface area (Å²) in [4.78, 5) is 11.5. The van der Waals surface area contributed by atoms with E-state index in [1.165, 1.54) is 6.07 Å². The highest BCUT2D eigenvalue weighted by atomic mass is 19.4. The van der Waals surface area contributed by atoms with Gasteiger partial charge in [0.2, 0.25) is 5.95 Å². The number of nitrogens with one attached hydrogen (secondary N) is 1. The van der Waals surface area contributed by atoms with Crippen molar-refractivity contribution in [2.24, 2.45) is 0 Å². The lowest BCUT2D eigenvalue weighted by Gasteiger charge is -2.10. The number of anilines is 3. The van der Waals surface area contributed by atoms with Crippen molar-refractivity contribution in [1.82, 2.24) is 15.0 Å². The summed E-state index contributed by atoms with van der Waals surface area (Å²) in [5.74, 6) is 0.932. The van der Waals surface area contributed by atoms with Gasteiger partial charge in [0, 0.05) is 30.6 Å². The van der Waals surface area contributed by atoms with Gasteiger partial charge in [-0.3, -0.25) is 4.98 Å². The average molecular weight is 417 g/mol. The summed E-state index contributed by atoms with van der Waals surface area (Å²) in [5, 5.41) is 11.9. The topological polar surface area (TPSA) is 106 Å². The van der Waals surface area contributed by atoms with Crippen LogP contribution in [0.25, 0.3) is 6.08 Å². The Bertz CT molecular complexity index is 1020. The van der Waals surface area contributed by atoms with Crippen molar-refractivity contribution in [2.45, 2.75) is 12.6 Å². The first-order valence-corrected chi connectivity index (χ1v) is 8.83. The van der Waals surface area contributed by atoms with Crippen LogP contribution in [0.15, 0.2) is 54.7 Å². The fourth-order valence-corrected chi connectivity index (χ4v) is 2.43. The minimum Gasteiger partial charge on any atom is -0.457 e. The number of pyridine rings is 1. The normalized spacial score (nSPS) is 11.6. The Balaban J connectivity index is 1.69. The number of aliphatic hydroxyl groups is 1. The number of nitrogens with zero attached hydrogens (tertiary/aromatic N) is 3. The first-order valence-electron chi connectivity index (χ1n) is 8.83. The number of alkyl halides is 3. The zero-order valence-electron chi connectivity index (χ0n) is 15.6. The van der Waals surface area contributed by atoms with Crippen LogP contribution in [-0.2, 0) is 6.18 Å². The summed E-state index contributed by atoms with van der Waals surface area (Å²) in [6, 6.07) is 10.4. The van der Waals surface area contributed by atoms with Gasteiger partial charge in [0.05, 0.1) is 5.69 Å². The number of nitrogen functional groups attached to an aromatic ring is 1. The number of ether oxygens (including phenoxy) is 1. The van der Waals surface area contributed by atoms with E-state index in [9.17, 15) is 13.2 Å². The van der Waals surface area contributed by atoms with Crippen LogP contribution in [0.2, 0.25) is 0 Å². The van der Waals surface area contributed by atoms with Crippen molar-refractivity contribution in [3.05, 3.63) is 66.1 Å². The molecule has 0 fully saturated rings. The fourth-order valence-electron chi connectivity index (χ4n) is 2.43. The van der Waals surface area contributed by atoms with E-state index in [4.69, 9.17) is 15.6 Å². The predicted octanol–water partition coefficient (Wildman–Crippen LogP) is 4.40. The summed E-state index contributed by atoms with van der Waals surface area (Å²) in [6.07, 6.45) is 0.482. The predicted molar refractivity (Wildman–Crippen MR) is 106 cm³/mol. The summed E-state index contributed by atoms with van der Waals surface area (Å²) in [6.45, 7) is 0.0353. The van der Waals surface area contributed by atoms with Crippen molar-refractivity contribution in [2.75, 3.05) is 17.7 Å². The molecule has 30 heavy (non-hydrogen) atoms. The Morgan fingerprint density at radius 2 is 1.83 bits per heavy atom. The first-order chi connectivity index (χ1) is 14.3. The molecule has 0 radical (unpaired) electrons. The number of hydrogen-bond donors (Lipinski definition) is 3. The number of aliphatic hydroxyl groups excluding tert-OH is 1. The van der Waals surface area contributed by atoms with Gasteiger partial charge in [0.25, 0.3) is 0 Å². The zero-order chi connectivity index (χ0) is 21.6. The molecular weight excluding hydrogens is 399 g/mol. The molecular formula is C20H18F3N5O2. The molecule has 0 aliphatic carbocycles. The van der Waals surface area contributed by atoms with Gasteiger partial charge >= 0.3 is 6.18 Å². The van der Waals surface area contributed by atoms with E-state index in [2.05, 4.69) is 20.3 Å². The Hall–Kier alpha value is -3.66. The highest BCUT2D eigenvalue weighted by Crippen LogP contribution is 2.31. The molecule has 0 aliphatic rings. The maximum absolute atomic E-state index is 12.7. The fraction of sp³-hybridized carbons (Fsp3) is 0.150. The SMILES string of the molecule is Nc1nc(/C=C/CCO)cc(Nc2ccc(Oc3ccnc(C(F)(F)F)c3)cc2)n1. The van der Waals surface area contributed by atoms with E-state index in [1.807, 2.05) is 0 Å². The van der Waals surface area contributed by atoms with Crippen molar-refractivity contribution in [3.63, 3.8) is 0 Å². The van der Waals surface area contributed by atoms with Gasteiger partial charge in [0.1, 0.15) is 23.0 Å². The monoisotopic (exact) mass is 417 g/mol. The van der Waals surface area contributed by atoms with Gasteiger partial charge in [-0.2, -0.15) is 18.2 Å². The number of nitrogens with two attached hydrogens (primary N) is 1. The molecule has 0 saturated carbocycles. The van der Waals surface area contributed by atoms with Crippen LogP contribution in [0, 0.1) is 0 Å². The molecule has 3 rings (SSSR count). The lowest BCUT2D eigenvalue weighted by atomic mass is 10.2. The van der Waals surface area contributed by atoms with Gasteiger partial charge in [0.15, 0.2) is 0 Å². The molecule has 0 aliphatic heterocycles. The van der Waals surface area contributed by atoms with Gasteiger partial charge in [-0.25, -0.2) is 4.98 Å². The van der Waals surface area contributed by atoms with Crippen molar-refractivity contribution in [1.29, 1.82) is 0 Å². The van der Waals surface area contributed by atoms with Crippen LogP contribution in [0.4, 0.5) is 30.6 Å².